The van der Waals surface area contributed by atoms with Crippen molar-refractivity contribution >= 4 is 34.5 Å². The average molecular weight is 354 g/mol. The van der Waals surface area contributed by atoms with E-state index in [1.807, 2.05) is 30.5 Å². The highest BCUT2D eigenvalue weighted by Gasteiger charge is 2.02. The number of aromatic nitrogens is 2. The van der Waals surface area contributed by atoms with Crippen LogP contribution in [0.5, 0.6) is 0 Å². The molecular weight excluding hydrogens is 336 g/mol. The first-order valence-electron chi connectivity index (χ1n) is 8.57. The molecule has 0 radical (unpaired) electrons. The molecule has 0 fully saturated rings. The molecule has 0 atom stereocenters. The number of para-hydroxylation sites is 2. The van der Waals surface area contributed by atoms with Gasteiger partial charge in [0, 0.05) is 10.4 Å². The zero-order valence-electron chi connectivity index (χ0n) is 14.2. The fourth-order valence-corrected chi connectivity index (χ4v) is 3.36. The molecule has 0 aliphatic rings. The van der Waals surface area contributed by atoms with E-state index < -0.39 is 0 Å². The Labute approximate surface area is 157 Å². The van der Waals surface area contributed by atoms with Crippen molar-refractivity contribution in [3.63, 3.8) is 0 Å². The molecule has 3 heteroatoms. The fourth-order valence-electron chi connectivity index (χ4n) is 2.71. The Bertz CT molecular complexity index is 1050. The molecule has 126 valence electrons. The summed E-state index contributed by atoms with van der Waals surface area (Å²) >= 11 is 1.76. The summed E-state index contributed by atoms with van der Waals surface area (Å²) in [4.78, 5) is 10.5. The number of benzene rings is 2. The van der Waals surface area contributed by atoms with Gasteiger partial charge in [-0.15, -0.1) is 11.3 Å². The minimum atomic E-state index is 0.901. The molecule has 0 unspecified atom stereocenters. The highest BCUT2D eigenvalue weighted by atomic mass is 32.1. The van der Waals surface area contributed by atoms with Crippen LogP contribution in [0.2, 0.25) is 0 Å². The zero-order valence-corrected chi connectivity index (χ0v) is 15.1. The largest absolute Gasteiger partial charge is 0.252 e. The Balaban J connectivity index is 1.43. The quantitative estimate of drug-likeness (QED) is 0.410. The van der Waals surface area contributed by atoms with Crippen molar-refractivity contribution in [3.05, 3.63) is 94.8 Å². The molecule has 0 spiro atoms. The summed E-state index contributed by atoms with van der Waals surface area (Å²) < 4.78 is 0. The smallest absolute Gasteiger partial charge is 0.0894 e. The van der Waals surface area contributed by atoms with Gasteiger partial charge in [-0.1, -0.05) is 60.7 Å². The van der Waals surface area contributed by atoms with Crippen LogP contribution in [-0.4, -0.2) is 9.97 Å². The lowest BCUT2D eigenvalue weighted by molar-refractivity contribution is 1.29. The highest BCUT2D eigenvalue weighted by molar-refractivity contribution is 7.10. The van der Waals surface area contributed by atoms with Crippen molar-refractivity contribution in [2.75, 3.05) is 0 Å². The van der Waals surface area contributed by atoms with Gasteiger partial charge in [-0.3, -0.25) is 4.98 Å². The molecule has 2 nitrogen and oxygen atoms in total. The minimum absolute atomic E-state index is 0.901. The molecule has 0 saturated carbocycles. The van der Waals surface area contributed by atoms with E-state index in [-0.39, 0.29) is 0 Å². The molecule has 2 aromatic carbocycles. The number of allylic oxidation sites excluding steroid dienone is 2. The molecule has 0 aliphatic carbocycles. The maximum absolute atomic E-state index is 4.70. The third-order valence-corrected chi connectivity index (χ3v) is 4.90. The van der Waals surface area contributed by atoms with Crippen LogP contribution in [0.25, 0.3) is 34.4 Å². The lowest BCUT2D eigenvalue weighted by Gasteiger charge is -2.03. The second-order valence-corrected chi connectivity index (χ2v) is 6.90. The number of hydrogen-bond donors (Lipinski definition) is 0. The average Bonchev–Trinajstić information content (AvgIpc) is 3.21. The second kappa shape index (κ2) is 7.89. The number of rotatable bonds is 5. The third-order valence-electron chi connectivity index (χ3n) is 4.06. The van der Waals surface area contributed by atoms with Gasteiger partial charge in [0.05, 0.1) is 22.9 Å². The molecule has 0 amide bonds. The molecular formula is C23H18N2S. The predicted octanol–water partition coefficient (Wildman–Crippen LogP) is 6.48. The summed E-state index contributed by atoms with van der Waals surface area (Å²) in [7, 11) is 0. The first kappa shape index (κ1) is 16.4. The summed E-state index contributed by atoms with van der Waals surface area (Å²) in [5.74, 6) is 0. The third kappa shape index (κ3) is 3.95. The van der Waals surface area contributed by atoms with Crippen LogP contribution in [0, 0.1) is 0 Å². The molecule has 4 rings (SSSR count). The molecule has 26 heavy (non-hydrogen) atoms. The maximum atomic E-state index is 4.70. The second-order valence-electron chi connectivity index (χ2n) is 5.92. The van der Waals surface area contributed by atoms with Crippen molar-refractivity contribution in [2.45, 2.75) is 6.42 Å². The van der Waals surface area contributed by atoms with Crippen LogP contribution in [0.3, 0.4) is 0 Å². The van der Waals surface area contributed by atoms with Gasteiger partial charge in [0.1, 0.15) is 0 Å². The molecule has 2 aromatic heterocycles. The van der Waals surface area contributed by atoms with E-state index in [9.17, 15) is 0 Å². The first-order valence-corrected chi connectivity index (χ1v) is 9.45. The summed E-state index contributed by atoms with van der Waals surface area (Å²) in [5, 5.41) is 2.09. The van der Waals surface area contributed by atoms with Gasteiger partial charge in [-0.25, -0.2) is 4.98 Å². The van der Waals surface area contributed by atoms with Crippen molar-refractivity contribution in [1.82, 2.24) is 9.97 Å². The first-order chi connectivity index (χ1) is 12.9. The van der Waals surface area contributed by atoms with Crippen molar-refractivity contribution in [3.8, 4) is 11.3 Å². The Morgan fingerprint density at radius 2 is 1.62 bits per heavy atom. The van der Waals surface area contributed by atoms with Crippen LogP contribution >= 0.6 is 11.3 Å². The van der Waals surface area contributed by atoms with Crippen molar-refractivity contribution in [1.29, 1.82) is 0 Å². The Morgan fingerprint density at radius 3 is 2.42 bits per heavy atom. The summed E-state index contributed by atoms with van der Waals surface area (Å²) in [6.07, 6.45) is 11.4. The van der Waals surface area contributed by atoms with E-state index in [2.05, 4.69) is 71.1 Å². The van der Waals surface area contributed by atoms with Crippen LogP contribution < -0.4 is 0 Å². The predicted molar refractivity (Wildman–Crippen MR) is 112 cm³/mol. The van der Waals surface area contributed by atoms with Gasteiger partial charge in [0.15, 0.2) is 0 Å². The zero-order chi connectivity index (χ0) is 17.6. The number of fused-ring (bicyclic) bond motifs is 1. The monoisotopic (exact) mass is 354 g/mol. The molecule has 0 aliphatic heterocycles. The Hall–Kier alpha value is -3.04. The van der Waals surface area contributed by atoms with Crippen LogP contribution in [0.1, 0.15) is 16.9 Å². The number of hydrogen-bond acceptors (Lipinski definition) is 3. The lowest BCUT2D eigenvalue weighted by Crippen LogP contribution is -1.88. The topological polar surface area (TPSA) is 25.8 Å². The van der Waals surface area contributed by atoms with Crippen LogP contribution in [0.15, 0.2) is 84.4 Å². The van der Waals surface area contributed by atoms with E-state index in [4.69, 9.17) is 4.98 Å². The highest BCUT2D eigenvalue weighted by Crippen LogP contribution is 2.20. The van der Waals surface area contributed by atoms with Gasteiger partial charge >= 0.3 is 0 Å². The number of thiophene rings is 1. The van der Waals surface area contributed by atoms with E-state index in [0.29, 0.717) is 0 Å². The normalized spacial score (nSPS) is 11.7. The number of nitrogens with zero attached hydrogens (tertiary/aromatic N) is 2. The van der Waals surface area contributed by atoms with Gasteiger partial charge in [0.2, 0.25) is 0 Å². The molecule has 0 bridgehead atoms. The van der Waals surface area contributed by atoms with E-state index in [1.54, 1.807) is 11.3 Å². The van der Waals surface area contributed by atoms with Crippen LogP contribution in [0.4, 0.5) is 0 Å². The van der Waals surface area contributed by atoms with Crippen LogP contribution in [-0.2, 0) is 0 Å². The van der Waals surface area contributed by atoms with E-state index >= 15 is 0 Å². The van der Waals surface area contributed by atoms with E-state index in [1.165, 1.54) is 10.4 Å². The Morgan fingerprint density at radius 1 is 0.808 bits per heavy atom. The maximum Gasteiger partial charge on any atom is 0.0894 e. The fraction of sp³-hybridized carbons (Fsp3) is 0.0435. The van der Waals surface area contributed by atoms with Gasteiger partial charge in [-0.2, -0.15) is 0 Å². The van der Waals surface area contributed by atoms with E-state index in [0.717, 1.165) is 28.7 Å². The van der Waals surface area contributed by atoms with Gasteiger partial charge in [-0.05, 0) is 41.6 Å². The lowest BCUT2D eigenvalue weighted by atomic mass is 10.1. The minimum Gasteiger partial charge on any atom is -0.252 e. The SMILES string of the molecule is C(=Cc1ccc(-c2cnc3ccccc3n2)cc1)CC=Cc1cccs1. The standard InChI is InChI=1S/C23H18N2S/c1(3-8-20-9-6-16-26-20)2-7-18-12-14-19(15-13-18)23-17-24-21-10-4-5-11-22(21)25-23/h2-17H,1H2. The molecule has 2 heterocycles. The van der Waals surface area contributed by atoms with Crippen molar-refractivity contribution < 1.29 is 0 Å². The molecule has 0 N–H and O–H groups in total. The van der Waals surface area contributed by atoms with Gasteiger partial charge < -0.3 is 0 Å². The Kier molecular flexibility index (Phi) is 4.99. The van der Waals surface area contributed by atoms with Crippen molar-refractivity contribution in [2.24, 2.45) is 0 Å². The molecule has 4 aromatic rings. The summed E-state index contributed by atoms with van der Waals surface area (Å²) in [6.45, 7) is 0. The molecule has 0 saturated heterocycles. The summed E-state index contributed by atoms with van der Waals surface area (Å²) in [6, 6.07) is 20.6. The summed E-state index contributed by atoms with van der Waals surface area (Å²) in [5.41, 5.74) is 5.01. The van der Waals surface area contributed by atoms with Gasteiger partial charge in [0.25, 0.3) is 0 Å².